The maximum absolute atomic E-state index is 5.69. The summed E-state index contributed by atoms with van der Waals surface area (Å²) >= 11 is 0. The van der Waals surface area contributed by atoms with E-state index >= 15 is 0 Å². The fourth-order valence-corrected chi connectivity index (χ4v) is 1.67. The van der Waals surface area contributed by atoms with Crippen LogP contribution < -0.4 is 4.74 Å². The average molecular weight is 206 g/mol. The van der Waals surface area contributed by atoms with Crippen LogP contribution in [0.1, 0.15) is 57.6 Å². The Morgan fingerprint density at radius 1 is 1.07 bits per heavy atom. The molecule has 1 nitrogen and oxygen atoms in total. The molecule has 15 heavy (non-hydrogen) atoms. The minimum Gasteiger partial charge on any atom is -0.494 e. The standard InChI is InChI=1S/C14H22O/c1-6-15-14-9-12(10(2)3)7-8-13(14)11(4)5/h7-11H,6H2,1-5H3. The predicted octanol–water partition coefficient (Wildman–Crippen LogP) is 4.33. The molecule has 0 atom stereocenters. The normalized spacial score (nSPS) is 11.1. The van der Waals surface area contributed by atoms with Gasteiger partial charge in [0, 0.05) is 0 Å². The van der Waals surface area contributed by atoms with Gasteiger partial charge in [0.25, 0.3) is 0 Å². The van der Waals surface area contributed by atoms with E-state index in [0.29, 0.717) is 11.8 Å². The summed E-state index contributed by atoms with van der Waals surface area (Å²) in [6.07, 6.45) is 0. The number of hydrogen-bond donors (Lipinski definition) is 0. The van der Waals surface area contributed by atoms with Crippen molar-refractivity contribution in [1.29, 1.82) is 0 Å². The van der Waals surface area contributed by atoms with Gasteiger partial charge in [-0.2, -0.15) is 0 Å². The molecule has 0 heterocycles. The molecule has 0 saturated carbocycles. The molecule has 0 spiro atoms. The Labute approximate surface area is 93.5 Å². The first-order chi connectivity index (χ1) is 7.06. The van der Waals surface area contributed by atoms with Crippen LogP contribution in [0.5, 0.6) is 5.75 Å². The van der Waals surface area contributed by atoms with Gasteiger partial charge in [-0.05, 0) is 36.0 Å². The monoisotopic (exact) mass is 206 g/mol. The van der Waals surface area contributed by atoms with Gasteiger partial charge in [0.15, 0.2) is 0 Å². The van der Waals surface area contributed by atoms with Crippen LogP contribution in [-0.2, 0) is 0 Å². The lowest BCUT2D eigenvalue weighted by atomic mass is 9.96. The summed E-state index contributed by atoms with van der Waals surface area (Å²) < 4.78 is 5.69. The lowest BCUT2D eigenvalue weighted by molar-refractivity contribution is 0.334. The van der Waals surface area contributed by atoms with E-state index in [1.54, 1.807) is 0 Å². The Hall–Kier alpha value is -0.980. The first-order valence-electron chi connectivity index (χ1n) is 5.82. The fourth-order valence-electron chi connectivity index (χ4n) is 1.67. The van der Waals surface area contributed by atoms with Crippen LogP contribution in [0.2, 0.25) is 0 Å². The van der Waals surface area contributed by atoms with Gasteiger partial charge in [0.1, 0.15) is 5.75 Å². The third kappa shape index (κ3) is 2.98. The lowest BCUT2D eigenvalue weighted by Gasteiger charge is -2.15. The van der Waals surface area contributed by atoms with E-state index < -0.39 is 0 Å². The second-order valence-corrected chi connectivity index (χ2v) is 4.54. The zero-order chi connectivity index (χ0) is 11.4. The summed E-state index contributed by atoms with van der Waals surface area (Å²) in [5.41, 5.74) is 2.66. The van der Waals surface area contributed by atoms with Crippen LogP contribution in [0.4, 0.5) is 0 Å². The highest BCUT2D eigenvalue weighted by molar-refractivity contribution is 5.40. The first kappa shape index (κ1) is 12.1. The summed E-state index contributed by atoms with van der Waals surface area (Å²) in [6, 6.07) is 6.59. The fraction of sp³-hybridized carbons (Fsp3) is 0.571. The summed E-state index contributed by atoms with van der Waals surface area (Å²) in [5.74, 6) is 2.14. The van der Waals surface area contributed by atoms with E-state index in [9.17, 15) is 0 Å². The highest BCUT2D eigenvalue weighted by Crippen LogP contribution is 2.30. The number of rotatable bonds is 4. The maximum Gasteiger partial charge on any atom is 0.123 e. The minimum absolute atomic E-state index is 0.521. The third-order valence-electron chi connectivity index (χ3n) is 2.63. The summed E-state index contributed by atoms with van der Waals surface area (Å²) in [4.78, 5) is 0. The largest absolute Gasteiger partial charge is 0.494 e. The molecule has 84 valence electrons. The maximum atomic E-state index is 5.69. The molecular weight excluding hydrogens is 184 g/mol. The van der Waals surface area contributed by atoms with Gasteiger partial charge in [-0.1, -0.05) is 39.8 Å². The molecule has 0 N–H and O–H groups in total. The molecule has 1 aromatic carbocycles. The van der Waals surface area contributed by atoms with Gasteiger partial charge in [-0.25, -0.2) is 0 Å². The highest BCUT2D eigenvalue weighted by Gasteiger charge is 2.09. The lowest BCUT2D eigenvalue weighted by Crippen LogP contribution is -2.00. The SMILES string of the molecule is CCOc1cc(C(C)C)ccc1C(C)C. The van der Waals surface area contributed by atoms with E-state index in [1.807, 2.05) is 6.92 Å². The molecule has 0 fully saturated rings. The van der Waals surface area contributed by atoms with E-state index in [2.05, 4.69) is 45.9 Å². The van der Waals surface area contributed by atoms with Crippen LogP contribution in [0, 0.1) is 0 Å². The quantitative estimate of drug-likeness (QED) is 0.712. The zero-order valence-electron chi connectivity index (χ0n) is 10.5. The van der Waals surface area contributed by atoms with Crippen LogP contribution in [0.15, 0.2) is 18.2 Å². The second kappa shape index (κ2) is 5.20. The molecule has 0 aliphatic heterocycles. The van der Waals surface area contributed by atoms with E-state index in [0.717, 1.165) is 12.4 Å². The van der Waals surface area contributed by atoms with Crippen molar-refractivity contribution in [3.63, 3.8) is 0 Å². The highest BCUT2D eigenvalue weighted by atomic mass is 16.5. The van der Waals surface area contributed by atoms with Crippen molar-refractivity contribution in [2.24, 2.45) is 0 Å². The molecule has 1 rings (SSSR count). The molecule has 0 aliphatic carbocycles. The van der Waals surface area contributed by atoms with Gasteiger partial charge in [0.05, 0.1) is 6.61 Å². The van der Waals surface area contributed by atoms with Crippen LogP contribution in [-0.4, -0.2) is 6.61 Å². The Morgan fingerprint density at radius 3 is 2.20 bits per heavy atom. The van der Waals surface area contributed by atoms with Gasteiger partial charge in [0.2, 0.25) is 0 Å². The summed E-state index contributed by atoms with van der Waals surface area (Å²) in [7, 11) is 0. The Bertz CT molecular complexity index is 313. The molecule has 0 amide bonds. The molecule has 1 heteroatoms. The molecule has 0 aliphatic rings. The van der Waals surface area contributed by atoms with E-state index in [4.69, 9.17) is 4.74 Å². The van der Waals surface area contributed by atoms with Crippen molar-refractivity contribution in [2.45, 2.75) is 46.5 Å². The number of hydrogen-bond acceptors (Lipinski definition) is 1. The molecule has 0 radical (unpaired) electrons. The van der Waals surface area contributed by atoms with E-state index in [1.165, 1.54) is 11.1 Å². The zero-order valence-corrected chi connectivity index (χ0v) is 10.5. The molecule has 0 aromatic heterocycles. The molecule has 0 unspecified atom stereocenters. The molecular formula is C14H22O. The summed E-state index contributed by atoms with van der Waals surface area (Å²) in [6.45, 7) is 11.6. The van der Waals surface area contributed by atoms with E-state index in [-0.39, 0.29) is 0 Å². The van der Waals surface area contributed by atoms with Crippen molar-refractivity contribution in [3.05, 3.63) is 29.3 Å². The smallest absolute Gasteiger partial charge is 0.123 e. The second-order valence-electron chi connectivity index (χ2n) is 4.54. The first-order valence-corrected chi connectivity index (χ1v) is 5.82. The van der Waals surface area contributed by atoms with Crippen molar-refractivity contribution in [1.82, 2.24) is 0 Å². The van der Waals surface area contributed by atoms with Crippen molar-refractivity contribution >= 4 is 0 Å². The van der Waals surface area contributed by atoms with Gasteiger partial charge in [-0.3, -0.25) is 0 Å². The average Bonchev–Trinajstić information content (AvgIpc) is 2.17. The third-order valence-corrected chi connectivity index (χ3v) is 2.63. The van der Waals surface area contributed by atoms with Crippen molar-refractivity contribution < 1.29 is 4.74 Å². The predicted molar refractivity (Wildman–Crippen MR) is 65.8 cm³/mol. The molecule has 0 bridgehead atoms. The summed E-state index contributed by atoms with van der Waals surface area (Å²) in [5, 5.41) is 0. The molecule has 1 aromatic rings. The number of benzene rings is 1. The Morgan fingerprint density at radius 2 is 1.73 bits per heavy atom. The van der Waals surface area contributed by atoms with Crippen LogP contribution >= 0.6 is 0 Å². The van der Waals surface area contributed by atoms with Crippen LogP contribution in [0.25, 0.3) is 0 Å². The van der Waals surface area contributed by atoms with Crippen LogP contribution in [0.3, 0.4) is 0 Å². The Kier molecular flexibility index (Phi) is 4.19. The van der Waals surface area contributed by atoms with Gasteiger partial charge >= 0.3 is 0 Å². The topological polar surface area (TPSA) is 9.23 Å². The van der Waals surface area contributed by atoms with Gasteiger partial charge in [-0.15, -0.1) is 0 Å². The van der Waals surface area contributed by atoms with Gasteiger partial charge < -0.3 is 4.74 Å². The molecule has 0 saturated heterocycles. The Balaban J connectivity index is 3.08. The van der Waals surface area contributed by atoms with Crippen molar-refractivity contribution in [2.75, 3.05) is 6.61 Å². The van der Waals surface area contributed by atoms with Crippen molar-refractivity contribution in [3.8, 4) is 5.75 Å². The minimum atomic E-state index is 0.521. The number of ether oxygens (including phenoxy) is 1.